The lowest BCUT2D eigenvalue weighted by Crippen LogP contribution is -2.46. The molecule has 11 heteroatoms. The van der Waals surface area contributed by atoms with E-state index in [4.69, 9.17) is 5.73 Å². The van der Waals surface area contributed by atoms with Crippen LogP contribution in [0.15, 0.2) is 18.2 Å². The van der Waals surface area contributed by atoms with Crippen LogP contribution in [0.2, 0.25) is 0 Å². The maximum atomic E-state index is 13.1. The number of benzene rings is 1. The molecule has 1 aromatic rings. The van der Waals surface area contributed by atoms with Crippen LogP contribution in [0.1, 0.15) is 17.2 Å². The van der Waals surface area contributed by atoms with Gasteiger partial charge in [0.2, 0.25) is 0 Å². The highest BCUT2D eigenvalue weighted by molar-refractivity contribution is 5.85. The van der Waals surface area contributed by atoms with Gasteiger partial charge >= 0.3 is 18.3 Å². The van der Waals surface area contributed by atoms with Gasteiger partial charge in [-0.05, 0) is 12.1 Å². The lowest BCUT2D eigenvalue weighted by atomic mass is 9.98. The monoisotopic (exact) mass is 359 g/mol. The van der Waals surface area contributed by atoms with E-state index < -0.39 is 41.2 Å². The van der Waals surface area contributed by atoms with Gasteiger partial charge in [-0.25, -0.2) is 0 Å². The van der Waals surface area contributed by atoms with Crippen LogP contribution in [-0.2, 0) is 6.18 Å². The SMILES string of the molecule is COc1cc(C(F)(F)F)ccc1[C@H](N)C(F)(F)C(F)(F)F.Cl. The Balaban J connectivity index is 0.00000441. The summed E-state index contributed by atoms with van der Waals surface area (Å²) in [6, 6.07) is -1.80. The lowest BCUT2D eigenvalue weighted by molar-refractivity contribution is -0.291. The topological polar surface area (TPSA) is 35.2 Å². The van der Waals surface area contributed by atoms with Crippen LogP contribution >= 0.6 is 12.4 Å². The second-order valence-corrected chi connectivity index (χ2v) is 4.05. The summed E-state index contributed by atoms with van der Waals surface area (Å²) in [4.78, 5) is 0. The number of ether oxygens (including phenoxy) is 1. The quantitative estimate of drug-likeness (QED) is 0.815. The predicted octanol–water partition coefficient (Wildman–Crippen LogP) is 4.33. The molecule has 0 unspecified atom stereocenters. The van der Waals surface area contributed by atoms with Gasteiger partial charge in [0, 0.05) is 5.56 Å². The zero-order valence-corrected chi connectivity index (χ0v) is 11.5. The fourth-order valence-corrected chi connectivity index (χ4v) is 1.52. The number of halogens is 9. The molecule has 2 N–H and O–H groups in total. The molecule has 0 aliphatic rings. The van der Waals surface area contributed by atoms with Crippen molar-refractivity contribution in [2.24, 2.45) is 5.73 Å². The molecule has 0 radical (unpaired) electrons. The van der Waals surface area contributed by atoms with Gasteiger partial charge in [0.15, 0.2) is 0 Å². The van der Waals surface area contributed by atoms with Crippen molar-refractivity contribution < 1.29 is 39.9 Å². The molecule has 128 valence electrons. The summed E-state index contributed by atoms with van der Waals surface area (Å²) < 4.78 is 105. The van der Waals surface area contributed by atoms with E-state index in [2.05, 4.69) is 4.74 Å². The average Bonchev–Trinajstić information content (AvgIpc) is 2.34. The number of rotatable bonds is 3. The van der Waals surface area contributed by atoms with Crippen molar-refractivity contribution in [3.63, 3.8) is 0 Å². The summed E-state index contributed by atoms with van der Waals surface area (Å²) in [6.45, 7) is 0. The summed E-state index contributed by atoms with van der Waals surface area (Å²) >= 11 is 0. The molecule has 0 amide bonds. The Morgan fingerprint density at radius 1 is 1.00 bits per heavy atom. The molecule has 0 saturated heterocycles. The first-order valence-electron chi connectivity index (χ1n) is 5.27. The van der Waals surface area contributed by atoms with Crippen molar-refractivity contribution in [3.05, 3.63) is 29.3 Å². The molecule has 1 aromatic carbocycles. The first-order chi connectivity index (χ1) is 9.32. The van der Waals surface area contributed by atoms with Gasteiger partial charge in [0.25, 0.3) is 0 Å². The predicted molar refractivity (Wildman–Crippen MR) is 63.2 cm³/mol. The second-order valence-electron chi connectivity index (χ2n) is 4.05. The highest BCUT2D eigenvalue weighted by Crippen LogP contribution is 2.46. The number of hydrogen-bond donors (Lipinski definition) is 1. The summed E-state index contributed by atoms with van der Waals surface area (Å²) in [7, 11) is 0.831. The third kappa shape index (κ3) is 3.92. The fraction of sp³-hybridized carbons (Fsp3) is 0.455. The Hall–Kier alpha value is -1.29. The van der Waals surface area contributed by atoms with Crippen molar-refractivity contribution >= 4 is 12.4 Å². The van der Waals surface area contributed by atoms with Gasteiger partial charge in [-0.15, -0.1) is 12.4 Å². The third-order valence-corrected chi connectivity index (χ3v) is 2.66. The summed E-state index contributed by atoms with van der Waals surface area (Å²) in [5, 5.41) is 0. The molecule has 1 atom stereocenters. The van der Waals surface area contributed by atoms with E-state index in [9.17, 15) is 35.1 Å². The highest BCUT2D eigenvalue weighted by Gasteiger charge is 2.62. The van der Waals surface area contributed by atoms with E-state index in [0.717, 1.165) is 7.11 Å². The second kappa shape index (κ2) is 6.45. The normalized spacial score (nSPS) is 14.3. The van der Waals surface area contributed by atoms with Crippen LogP contribution in [0.25, 0.3) is 0 Å². The molecular formula is C11H10ClF8NO. The zero-order valence-electron chi connectivity index (χ0n) is 10.7. The molecular weight excluding hydrogens is 350 g/mol. The van der Waals surface area contributed by atoms with Crippen LogP contribution in [0.4, 0.5) is 35.1 Å². The van der Waals surface area contributed by atoms with E-state index in [0.29, 0.717) is 18.2 Å². The number of methoxy groups -OCH3 is 1. The maximum Gasteiger partial charge on any atom is 0.455 e. The molecule has 0 heterocycles. The maximum absolute atomic E-state index is 13.1. The molecule has 0 fully saturated rings. The summed E-state index contributed by atoms with van der Waals surface area (Å²) in [5.41, 5.74) is 2.72. The first-order valence-corrected chi connectivity index (χ1v) is 5.27. The minimum atomic E-state index is -5.94. The third-order valence-electron chi connectivity index (χ3n) is 2.66. The number of alkyl halides is 8. The van der Waals surface area contributed by atoms with E-state index >= 15 is 0 Å². The van der Waals surface area contributed by atoms with Crippen molar-refractivity contribution in [2.45, 2.75) is 24.3 Å². The smallest absolute Gasteiger partial charge is 0.455 e. The van der Waals surface area contributed by atoms with Crippen molar-refractivity contribution in [3.8, 4) is 5.75 Å². The fourth-order valence-electron chi connectivity index (χ4n) is 1.52. The minimum absolute atomic E-state index is 0. The molecule has 0 spiro atoms. The summed E-state index contributed by atoms with van der Waals surface area (Å²) in [6.07, 6.45) is -10.7. The summed E-state index contributed by atoms with van der Waals surface area (Å²) in [5.74, 6) is -6.12. The Morgan fingerprint density at radius 3 is 1.86 bits per heavy atom. The first kappa shape index (κ1) is 20.7. The van der Waals surface area contributed by atoms with Gasteiger partial charge < -0.3 is 10.5 Å². The van der Waals surface area contributed by atoms with Crippen molar-refractivity contribution in [1.82, 2.24) is 0 Å². The van der Waals surface area contributed by atoms with Gasteiger partial charge in [-0.2, -0.15) is 35.1 Å². The van der Waals surface area contributed by atoms with Crippen molar-refractivity contribution in [1.29, 1.82) is 0 Å². The van der Waals surface area contributed by atoms with E-state index in [1.807, 2.05) is 0 Å². The molecule has 2 nitrogen and oxygen atoms in total. The van der Waals surface area contributed by atoms with Gasteiger partial charge in [-0.3, -0.25) is 0 Å². The van der Waals surface area contributed by atoms with Crippen LogP contribution in [0.3, 0.4) is 0 Å². The van der Waals surface area contributed by atoms with Crippen LogP contribution in [-0.4, -0.2) is 19.2 Å². The standard InChI is InChI=1S/C11H9F8NO.ClH/c1-21-7-4-5(10(14,15)16)2-3-6(7)8(20)9(12,13)11(17,18)19;/h2-4,8H,20H2,1H3;1H/t8-;/m0./s1. The van der Waals surface area contributed by atoms with E-state index in [1.165, 1.54) is 0 Å². The molecule has 1 rings (SSSR count). The van der Waals surface area contributed by atoms with Gasteiger partial charge in [0.05, 0.1) is 12.7 Å². The molecule has 0 aliphatic carbocycles. The average molecular weight is 360 g/mol. The Labute approximate surface area is 125 Å². The number of nitrogens with two attached hydrogens (primary N) is 1. The van der Waals surface area contributed by atoms with Gasteiger partial charge in [0.1, 0.15) is 11.8 Å². The Morgan fingerprint density at radius 2 is 1.50 bits per heavy atom. The van der Waals surface area contributed by atoms with E-state index in [1.54, 1.807) is 0 Å². The minimum Gasteiger partial charge on any atom is -0.496 e. The van der Waals surface area contributed by atoms with Crippen LogP contribution in [0, 0.1) is 0 Å². The molecule has 0 bridgehead atoms. The molecule has 0 aromatic heterocycles. The van der Waals surface area contributed by atoms with Gasteiger partial charge in [-0.1, -0.05) is 6.07 Å². The van der Waals surface area contributed by atoms with E-state index in [-0.39, 0.29) is 12.4 Å². The van der Waals surface area contributed by atoms with Crippen LogP contribution < -0.4 is 10.5 Å². The van der Waals surface area contributed by atoms with Crippen molar-refractivity contribution in [2.75, 3.05) is 7.11 Å². The molecule has 0 saturated carbocycles. The highest BCUT2D eigenvalue weighted by atomic mass is 35.5. The Kier molecular flexibility index (Phi) is 6.07. The molecule has 0 aliphatic heterocycles. The Bertz CT molecular complexity index is 514. The molecule has 22 heavy (non-hydrogen) atoms. The lowest BCUT2D eigenvalue weighted by Gasteiger charge is -2.27. The van der Waals surface area contributed by atoms with Crippen LogP contribution in [0.5, 0.6) is 5.75 Å². The number of hydrogen-bond acceptors (Lipinski definition) is 2. The largest absolute Gasteiger partial charge is 0.496 e. The zero-order chi connectivity index (χ0) is 16.6.